The molecule has 1 fully saturated rings. The molecule has 1 aromatic rings. The molecule has 0 bridgehead atoms. The van der Waals surface area contributed by atoms with E-state index in [1.807, 2.05) is 12.1 Å². The Morgan fingerprint density at radius 1 is 1.36 bits per heavy atom. The van der Waals surface area contributed by atoms with Gasteiger partial charge in [-0.25, -0.2) is 4.98 Å². The standard InChI is InChI=1S/C17H29N5O2.HI/c1-17(2,22-7-9-24-10-8-22)13-21-16(18-3)20-12-14-5-6-19-15(11-14)23-4;/h5-6,11H,7-10,12-13H2,1-4H3,(H2,18,20,21);1H. The first-order valence-electron chi connectivity index (χ1n) is 8.31. The first-order valence-corrected chi connectivity index (χ1v) is 8.31. The van der Waals surface area contributed by atoms with Crippen molar-refractivity contribution in [3.63, 3.8) is 0 Å². The van der Waals surface area contributed by atoms with Gasteiger partial charge in [0.05, 0.1) is 20.3 Å². The van der Waals surface area contributed by atoms with Gasteiger partial charge < -0.3 is 20.1 Å². The van der Waals surface area contributed by atoms with E-state index >= 15 is 0 Å². The second-order valence-electron chi connectivity index (χ2n) is 6.40. The summed E-state index contributed by atoms with van der Waals surface area (Å²) < 4.78 is 10.6. The molecule has 1 saturated heterocycles. The van der Waals surface area contributed by atoms with E-state index in [2.05, 4.69) is 39.4 Å². The Balaban J connectivity index is 0.00000312. The van der Waals surface area contributed by atoms with Gasteiger partial charge in [-0.3, -0.25) is 9.89 Å². The molecule has 7 nitrogen and oxygen atoms in total. The first-order chi connectivity index (χ1) is 11.5. The van der Waals surface area contributed by atoms with E-state index in [1.165, 1.54) is 0 Å². The van der Waals surface area contributed by atoms with Crippen molar-refractivity contribution in [3.8, 4) is 5.88 Å². The molecule has 2 N–H and O–H groups in total. The summed E-state index contributed by atoms with van der Waals surface area (Å²) in [5.41, 5.74) is 1.14. The molecule has 2 rings (SSSR count). The Kier molecular flexibility index (Phi) is 9.44. The van der Waals surface area contributed by atoms with Crippen LogP contribution in [0.15, 0.2) is 23.3 Å². The number of rotatable bonds is 6. The minimum atomic E-state index is 0. The number of morpholine rings is 1. The Labute approximate surface area is 167 Å². The van der Waals surface area contributed by atoms with Crippen LogP contribution in [0.4, 0.5) is 0 Å². The Hall–Kier alpha value is -1.13. The van der Waals surface area contributed by atoms with E-state index in [1.54, 1.807) is 20.4 Å². The third kappa shape index (κ3) is 6.95. The minimum absolute atomic E-state index is 0. The number of aliphatic imine (C=N–C) groups is 1. The Bertz CT molecular complexity index is 548. The van der Waals surface area contributed by atoms with E-state index in [4.69, 9.17) is 9.47 Å². The van der Waals surface area contributed by atoms with Crippen molar-refractivity contribution in [1.82, 2.24) is 20.5 Å². The lowest BCUT2D eigenvalue weighted by atomic mass is 10.0. The summed E-state index contributed by atoms with van der Waals surface area (Å²) >= 11 is 0. The van der Waals surface area contributed by atoms with Crippen LogP contribution in [0.2, 0.25) is 0 Å². The fraction of sp³-hybridized carbons (Fsp3) is 0.647. The maximum atomic E-state index is 5.43. The number of methoxy groups -OCH3 is 1. The minimum Gasteiger partial charge on any atom is -0.481 e. The molecule has 0 spiro atoms. The van der Waals surface area contributed by atoms with Gasteiger partial charge in [-0.05, 0) is 25.5 Å². The van der Waals surface area contributed by atoms with Crippen molar-refractivity contribution in [2.45, 2.75) is 25.9 Å². The molecule has 0 radical (unpaired) electrons. The molecular weight excluding hydrogens is 433 g/mol. The molecule has 0 aliphatic carbocycles. The zero-order valence-corrected chi connectivity index (χ0v) is 17.9. The van der Waals surface area contributed by atoms with E-state index in [-0.39, 0.29) is 29.5 Å². The fourth-order valence-electron chi connectivity index (χ4n) is 2.66. The molecule has 2 heterocycles. The van der Waals surface area contributed by atoms with Crippen molar-refractivity contribution >= 4 is 29.9 Å². The Morgan fingerprint density at radius 3 is 2.72 bits per heavy atom. The Morgan fingerprint density at radius 2 is 2.08 bits per heavy atom. The molecule has 1 aromatic heterocycles. The van der Waals surface area contributed by atoms with Crippen LogP contribution in [0.1, 0.15) is 19.4 Å². The van der Waals surface area contributed by atoms with E-state index in [0.29, 0.717) is 12.4 Å². The zero-order valence-electron chi connectivity index (χ0n) is 15.5. The largest absolute Gasteiger partial charge is 0.481 e. The molecule has 25 heavy (non-hydrogen) atoms. The summed E-state index contributed by atoms with van der Waals surface area (Å²) in [6.07, 6.45) is 1.74. The van der Waals surface area contributed by atoms with Crippen LogP contribution in [0.5, 0.6) is 5.88 Å². The monoisotopic (exact) mass is 463 g/mol. The predicted octanol–water partition coefficient (Wildman–Crippen LogP) is 1.48. The van der Waals surface area contributed by atoms with Crippen molar-refractivity contribution in [2.75, 3.05) is 47.0 Å². The lowest BCUT2D eigenvalue weighted by molar-refractivity contribution is -0.00834. The summed E-state index contributed by atoms with van der Waals surface area (Å²) in [6, 6.07) is 3.87. The van der Waals surface area contributed by atoms with Crippen LogP contribution in [0.3, 0.4) is 0 Å². The number of nitrogens with zero attached hydrogens (tertiary/aromatic N) is 3. The van der Waals surface area contributed by atoms with Crippen LogP contribution in [-0.2, 0) is 11.3 Å². The van der Waals surface area contributed by atoms with Crippen LogP contribution < -0.4 is 15.4 Å². The van der Waals surface area contributed by atoms with Crippen LogP contribution in [0.25, 0.3) is 0 Å². The first kappa shape index (κ1) is 21.9. The highest BCUT2D eigenvalue weighted by molar-refractivity contribution is 14.0. The zero-order chi connectivity index (χ0) is 17.4. The number of hydrogen-bond acceptors (Lipinski definition) is 5. The number of pyridine rings is 1. The number of ether oxygens (including phenoxy) is 2. The van der Waals surface area contributed by atoms with Gasteiger partial charge in [0.25, 0.3) is 0 Å². The number of hydrogen-bond donors (Lipinski definition) is 2. The smallest absolute Gasteiger partial charge is 0.213 e. The molecule has 0 atom stereocenters. The van der Waals surface area contributed by atoms with Crippen molar-refractivity contribution in [2.24, 2.45) is 4.99 Å². The molecule has 0 amide bonds. The van der Waals surface area contributed by atoms with Gasteiger partial charge in [0, 0.05) is 51.0 Å². The molecule has 1 aliphatic rings. The molecule has 0 saturated carbocycles. The number of nitrogens with one attached hydrogen (secondary N) is 2. The van der Waals surface area contributed by atoms with Crippen molar-refractivity contribution in [1.29, 1.82) is 0 Å². The van der Waals surface area contributed by atoms with Gasteiger partial charge in [-0.1, -0.05) is 0 Å². The van der Waals surface area contributed by atoms with Gasteiger partial charge >= 0.3 is 0 Å². The molecular formula is C17H30IN5O2. The molecule has 0 aromatic carbocycles. The SMILES string of the molecule is CN=C(NCc1ccnc(OC)c1)NCC(C)(C)N1CCOCC1.I. The van der Waals surface area contributed by atoms with Crippen LogP contribution in [-0.4, -0.2) is 68.4 Å². The summed E-state index contributed by atoms with van der Waals surface area (Å²) in [4.78, 5) is 10.9. The molecule has 142 valence electrons. The summed E-state index contributed by atoms with van der Waals surface area (Å²) in [7, 11) is 3.40. The third-order valence-electron chi connectivity index (χ3n) is 4.25. The van der Waals surface area contributed by atoms with Crippen LogP contribution in [0, 0.1) is 0 Å². The predicted molar refractivity (Wildman–Crippen MR) is 111 cm³/mol. The van der Waals surface area contributed by atoms with Gasteiger partial charge in [0.2, 0.25) is 5.88 Å². The van der Waals surface area contributed by atoms with Gasteiger partial charge in [0.15, 0.2) is 5.96 Å². The van der Waals surface area contributed by atoms with E-state index < -0.39 is 0 Å². The normalized spacial score (nSPS) is 16.1. The second-order valence-corrected chi connectivity index (χ2v) is 6.40. The highest BCUT2D eigenvalue weighted by atomic mass is 127. The highest BCUT2D eigenvalue weighted by Gasteiger charge is 2.28. The summed E-state index contributed by atoms with van der Waals surface area (Å²) in [5.74, 6) is 1.40. The van der Waals surface area contributed by atoms with Crippen molar-refractivity contribution < 1.29 is 9.47 Å². The van der Waals surface area contributed by atoms with E-state index in [0.717, 1.165) is 44.4 Å². The lowest BCUT2D eigenvalue weighted by Gasteiger charge is -2.41. The number of aromatic nitrogens is 1. The quantitative estimate of drug-likeness (QED) is 0.379. The highest BCUT2D eigenvalue weighted by Crippen LogP contribution is 2.15. The fourth-order valence-corrected chi connectivity index (χ4v) is 2.66. The average Bonchev–Trinajstić information content (AvgIpc) is 2.62. The topological polar surface area (TPSA) is 71.0 Å². The number of halogens is 1. The maximum absolute atomic E-state index is 5.43. The molecule has 0 unspecified atom stereocenters. The second kappa shape index (κ2) is 10.8. The summed E-state index contributed by atoms with van der Waals surface area (Å²) in [6.45, 7) is 9.51. The van der Waals surface area contributed by atoms with Crippen molar-refractivity contribution in [3.05, 3.63) is 23.9 Å². The lowest BCUT2D eigenvalue weighted by Crippen LogP contribution is -2.56. The number of guanidine groups is 1. The van der Waals surface area contributed by atoms with Gasteiger partial charge in [-0.2, -0.15) is 0 Å². The van der Waals surface area contributed by atoms with Gasteiger partial charge in [0.1, 0.15) is 0 Å². The molecule has 1 aliphatic heterocycles. The van der Waals surface area contributed by atoms with Crippen LogP contribution >= 0.6 is 24.0 Å². The average molecular weight is 463 g/mol. The van der Waals surface area contributed by atoms with Gasteiger partial charge in [-0.15, -0.1) is 24.0 Å². The third-order valence-corrected chi connectivity index (χ3v) is 4.25. The summed E-state index contributed by atoms with van der Waals surface area (Å²) in [5, 5.41) is 6.74. The molecule has 8 heteroatoms. The van der Waals surface area contributed by atoms with E-state index in [9.17, 15) is 0 Å². The maximum Gasteiger partial charge on any atom is 0.213 e.